The molecule has 0 bridgehead atoms. The normalized spacial score (nSPS) is 23.5. The fraction of sp³-hybridized carbons (Fsp3) is 0.560. The number of rotatable bonds is 6. The number of benzene rings is 1. The van der Waals surface area contributed by atoms with Gasteiger partial charge in [-0.15, -0.1) is 5.10 Å². The van der Waals surface area contributed by atoms with Gasteiger partial charge in [-0.25, -0.2) is 4.79 Å². The van der Waals surface area contributed by atoms with Crippen molar-refractivity contribution in [1.29, 1.82) is 5.41 Å². The first-order chi connectivity index (χ1) is 18.6. The number of nitrogens with zero attached hydrogens (tertiary/aromatic N) is 5. The highest BCUT2D eigenvalue weighted by molar-refractivity contribution is 6.34. The molecule has 0 radical (unpaired) electrons. The van der Waals surface area contributed by atoms with E-state index in [0.717, 1.165) is 37.1 Å². The standard InChI is InChI=1S/C23H32ClN7O2.C2HF3O2/c1-15-12-16(8-11-33-15)31-20(32)13-23(2,26-22(31)25)18-7-5-6-17(21(18)24)19-14-30(28-27-19)10-9-29(3)4;3-2(4,5)1(6)7/h5-7,14-16H,8-13H2,1-4H3,(H2,25,26);(H,6,7)/t15-,16-,23-;/m0./s1. The van der Waals surface area contributed by atoms with Crippen molar-refractivity contribution in [2.75, 3.05) is 27.2 Å². The summed E-state index contributed by atoms with van der Waals surface area (Å²) in [7, 11) is 4.03. The molecular weight excluding hydrogens is 555 g/mol. The SMILES string of the molecule is C[C@H]1C[C@@H](N2C(=N)N[C@](C)(c3cccc(-c4cn(CCN(C)C)nn4)c3Cl)CC2=O)CCO1.O=C(O)C(F)(F)F. The number of ether oxygens (including phenoxy) is 1. The predicted octanol–water partition coefficient (Wildman–Crippen LogP) is 3.33. The van der Waals surface area contributed by atoms with Gasteiger partial charge in [-0.2, -0.15) is 13.2 Å². The molecule has 3 heterocycles. The van der Waals surface area contributed by atoms with Gasteiger partial charge in [-0.1, -0.05) is 35.0 Å². The summed E-state index contributed by atoms with van der Waals surface area (Å²) in [6.45, 7) is 6.10. The third kappa shape index (κ3) is 7.49. The van der Waals surface area contributed by atoms with Gasteiger partial charge >= 0.3 is 12.1 Å². The maximum atomic E-state index is 13.2. The molecule has 4 rings (SSSR count). The molecule has 15 heteroatoms. The van der Waals surface area contributed by atoms with Crippen LogP contribution in [0.3, 0.4) is 0 Å². The number of halogens is 4. The van der Waals surface area contributed by atoms with Crippen LogP contribution in [-0.4, -0.2) is 93.3 Å². The van der Waals surface area contributed by atoms with Crippen molar-refractivity contribution in [3.05, 3.63) is 35.0 Å². The number of carbonyl (C=O) groups excluding carboxylic acids is 1. The molecule has 1 aromatic heterocycles. The molecule has 3 N–H and O–H groups in total. The number of carboxylic acid groups (broad SMARTS) is 1. The maximum Gasteiger partial charge on any atom is 0.490 e. The highest BCUT2D eigenvalue weighted by Crippen LogP contribution is 2.39. The van der Waals surface area contributed by atoms with Crippen molar-refractivity contribution >= 4 is 29.4 Å². The van der Waals surface area contributed by atoms with Crippen LogP contribution in [0.25, 0.3) is 11.3 Å². The molecule has 1 aromatic carbocycles. The largest absolute Gasteiger partial charge is 0.490 e. The van der Waals surface area contributed by atoms with Crippen molar-refractivity contribution in [2.45, 2.75) is 63.5 Å². The van der Waals surface area contributed by atoms with Gasteiger partial charge in [0, 0.05) is 24.8 Å². The molecule has 0 saturated carbocycles. The topological polar surface area (TPSA) is 137 Å². The highest BCUT2D eigenvalue weighted by atomic mass is 35.5. The Kier molecular flexibility index (Phi) is 9.80. The zero-order chi connectivity index (χ0) is 29.8. The molecule has 3 atom stereocenters. The first-order valence-electron chi connectivity index (χ1n) is 12.6. The molecule has 11 nitrogen and oxygen atoms in total. The molecule has 2 saturated heterocycles. The Morgan fingerprint density at radius 2 is 2.05 bits per heavy atom. The summed E-state index contributed by atoms with van der Waals surface area (Å²) in [5.74, 6) is -2.71. The Morgan fingerprint density at radius 1 is 1.38 bits per heavy atom. The van der Waals surface area contributed by atoms with E-state index in [4.69, 9.17) is 31.6 Å². The van der Waals surface area contributed by atoms with E-state index >= 15 is 0 Å². The molecule has 2 aliphatic heterocycles. The molecule has 220 valence electrons. The number of likely N-dealkylation sites (N-methyl/N-ethyl adjacent to an activating group) is 1. The number of aliphatic carboxylic acids is 1. The van der Waals surface area contributed by atoms with Gasteiger partial charge in [-0.05, 0) is 46.3 Å². The minimum Gasteiger partial charge on any atom is -0.475 e. The number of carboxylic acids is 1. The van der Waals surface area contributed by atoms with Crippen LogP contribution in [0.4, 0.5) is 13.2 Å². The number of hydrogen-bond donors (Lipinski definition) is 3. The van der Waals surface area contributed by atoms with E-state index in [1.807, 2.05) is 52.3 Å². The van der Waals surface area contributed by atoms with Crippen LogP contribution < -0.4 is 5.32 Å². The lowest BCUT2D eigenvalue weighted by molar-refractivity contribution is -0.192. The number of nitrogens with one attached hydrogen (secondary N) is 2. The second kappa shape index (κ2) is 12.5. The quantitative estimate of drug-likeness (QED) is 0.468. The van der Waals surface area contributed by atoms with Gasteiger partial charge in [0.25, 0.3) is 0 Å². The van der Waals surface area contributed by atoms with Crippen LogP contribution in [0, 0.1) is 5.41 Å². The van der Waals surface area contributed by atoms with Crippen LogP contribution in [0.2, 0.25) is 5.02 Å². The lowest BCUT2D eigenvalue weighted by Gasteiger charge is -2.45. The summed E-state index contributed by atoms with van der Waals surface area (Å²) in [4.78, 5) is 25.8. The van der Waals surface area contributed by atoms with Crippen molar-refractivity contribution in [3.8, 4) is 11.3 Å². The lowest BCUT2D eigenvalue weighted by atomic mass is 9.84. The van der Waals surface area contributed by atoms with Gasteiger partial charge in [0.05, 0.1) is 35.8 Å². The summed E-state index contributed by atoms with van der Waals surface area (Å²) >= 11 is 6.87. The monoisotopic (exact) mass is 587 g/mol. The Hall–Kier alpha value is -3.23. The number of carbonyl (C=O) groups is 2. The number of hydrogen-bond acceptors (Lipinski definition) is 7. The Bertz CT molecular complexity index is 1220. The van der Waals surface area contributed by atoms with E-state index in [-0.39, 0.29) is 30.4 Å². The molecule has 0 aliphatic carbocycles. The molecule has 2 aromatic rings. The van der Waals surface area contributed by atoms with Crippen molar-refractivity contribution in [2.24, 2.45) is 0 Å². The van der Waals surface area contributed by atoms with Crippen LogP contribution in [0.1, 0.15) is 38.7 Å². The minimum absolute atomic E-state index is 0.0233. The minimum atomic E-state index is -5.08. The van der Waals surface area contributed by atoms with Gasteiger partial charge in [0.15, 0.2) is 5.96 Å². The summed E-state index contributed by atoms with van der Waals surface area (Å²) in [6, 6.07) is 5.69. The number of aromatic nitrogens is 3. The Balaban J connectivity index is 0.000000559. The predicted molar refractivity (Wildman–Crippen MR) is 141 cm³/mol. The number of guanidine groups is 1. The Morgan fingerprint density at radius 3 is 2.62 bits per heavy atom. The highest BCUT2D eigenvalue weighted by Gasteiger charge is 2.44. The molecule has 40 heavy (non-hydrogen) atoms. The first kappa shape index (κ1) is 31.3. The summed E-state index contributed by atoms with van der Waals surface area (Å²) < 4.78 is 39.2. The third-order valence-electron chi connectivity index (χ3n) is 6.66. The zero-order valence-corrected chi connectivity index (χ0v) is 23.4. The van der Waals surface area contributed by atoms with E-state index in [9.17, 15) is 18.0 Å². The van der Waals surface area contributed by atoms with Crippen LogP contribution in [0.5, 0.6) is 0 Å². The molecule has 0 spiro atoms. The molecule has 0 unspecified atom stereocenters. The summed E-state index contributed by atoms with van der Waals surface area (Å²) in [5.41, 5.74) is 1.41. The molecule has 2 aliphatic rings. The van der Waals surface area contributed by atoms with E-state index < -0.39 is 17.7 Å². The van der Waals surface area contributed by atoms with E-state index in [1.165, 1.54) is 0 Å². The zero-order valence-electron chi connectivity index (χ0n) is 22.6. The number of alkyl halides is 3. The average Bonchev–Trinajstić information content (AvgIpc) is 3.31. The van der Waals surface area contributed by atoms with Gasteiger partial charge in [0.2, 0.25) is 5.91 Å². The van der Waals surface area contributed by atoms with E-state index in [0.29, 0.717) is 17.3 Å². The lowest BCUT2D eigenvalue weighted by Crippen LogP contribution is -2.63. The average molecular weight is 588 g/mol. The van der Waals surface area contributed by atoms with Gasteiger partial charge in [-0.3, -0.25) is 19.8 Å². The molecular formula is C25H33ClF3N7O4. The van der Waals surface area contributed by atoms with Crippen molar-refractivity contribution < 1.29 is 32.6 Å². The fourth-order valence-corrected chi connectivity index (χ4v) is 5.06. The maximum absolute atomic E-state index is 13.2. The molecule has 2 fully saturated rings. The molecule has 1 amide bonds. The smallest absolute Gasteiger partial charge is 0.475 e. The first-order valence-corrected chi connectivity index (χ1v) is 12.9. The second-order valence-electron chi connectivity index (χ2n) is 10.2. The summed E-state index contributed by atoms with van der Waals surface area (Å²) in [6.07, 6.45) is -1.45. The second-order valence-corrected chi connectivity index (χ2v) is 10.6. The Labute approximate surface area is 234 Å². The number of amides is 1. The van der Waals surface area contributed by atoms with Crippen LogP contribution in [0.15, 0.2) is 24.4 Å². The third-order valence-corrected chi connectivity index (χ3v) is 7.07. The fourth-order valence-electron chi connectivity index (χ4n) is 4.63. The van der Waals surface area contributed by atoms with Crippen molar-refractivity contribution in [3.63, 3.8) is 0 Å². The van der Waals surface area contributed by atoms with Crippen LogP contribution >= 0.6 is 11.6 Å². The van der Waals surface area contributed by atoms with Gasteiger partial charge in [0.1, 0.15) is 5.69 Å². The van der Waals surface area contributed by atoms with E-state index in [2.05, 4.69) is 20.5 Å². The van der Waals surface area contributed by atoms with E-state index in [1.54, 1.807) is 9.58 Å². The van der Waals surface area contributed by atoms with Gasteiger partial charge < -0.3 is 20.1 Å². The van der Waals surface area contributed by atoms with Crippen molar-refractivity contribution in [1.82, 2.24) is 30.1 Å². The summed E-state index contributed by atoms with van der Waals surface area (Å²) in [5, 5.41) is 28.1. The van der Waals surface area contributed by atoms with Crippen LogP contribution in [-0.2, 0) is 26.4 Å².